The zero-order valence-electron chi connectivity index (χ0n) is 13.2. The van der Waals surface area contributed by atoms with Gasteiger partial charge in [0.05, 0.1) is 11.7 Å². The van der Waals surface area contributed by atoms with E-state index in [0.29, 0.717) is 26.1 Å². The fraction of sp³-hybridized carbons (Fsp3) is 0.933. The van der Waals surface area contributed by atoms with Gasteiger partial charge in [-0.3, -0.25) is 4.79 Å². The Bertz CT molecular complexity index is 313. The topological polar surface area (TPSA) is 55.6 Å². The van der Waals surface area contributed by atoms with Gasteiger partial charge in [0.1, 0.15) is 0 Å². The van der Waals surface area contributed by atoms with Crippen LogP contribution in [0.15, 0.2) is 0 Å². The average Bonchev–Trinajstić information content (AvgIpc) is 2.23. The first-order valence-corrected chi connectivity index (χ1v) is 7.31. The third-order valence-corrected chi connectivity index (χ3v) is 3.76. The summed E-state index contributed by atoms with van der Waals surface area (Å²) in [5, 5.41) is 0. The molecule has 1 atom stereocenters. The van der Waals surface area contributed by atoms with Crippen molar-refractivity contribution < 1.29 is 9.53 Å². The van der Waals surface area contributed by atoms with Crippen molar-refractivity contribution >= 4 is 5.91 Å². The molecule has 1 amide bonds. The smallest absolute Gasteiger partial charge is 0.222 e. The van der Waals surface area contributed by atoms with Crippen LogP contribution in [0.25, 0.3) is 0 Å². The summed E-state index contributed by atoms with van der Waals surface area (Å²) in [6.07, 6.45) is 2.58. The maximum Gasteiger partial charge on any atom is 0.222 e. The third kappa shape index (κ3) is 5.49. The minimum Gasteiger partial charge on any atom is -0.369 e. The van der Waals surface area contributed by atoms with E-state index in [1.165, 1.54) is 0 Å². The van der Waals surface area contributed by atoms with Gasteiger partial charge < -0.3 is 15.4 Å². The molecule has 4 nitrogen and oxygen atoms in total. The van der Waals surface area contributed by atoms with Crippen molar-refractivity contribution in [1.82, 2.24) is 4.90 Å². The van der Waals surface area contributed by atoms with Gasteiger partial charge in [0, 0.05) is 19.5 Å². The Balaban J connectivity index is 2.49. The maximum atomic E-state index is 12.3. The molecule has 1 saturated heterocycles. The van der Waals surface area contributed by atoms with Crippen LogP contribution in [-0.4, -0.2) is 42.1 Å². The molecule has 1 heterocycles. The molecule has 0 aromatic carbocycles. The number of nitrogens with zero attached hydrogens (tertiary/aromatic N) is 1. The number of ether oxygens (including phenoxy) is 1. The Hall–Kier alpha value is -0.610. The molecule has 0 aromatic heterocycles. The second-order valence-electron chi connectivity index (χ2n) is 7.17. The van der Waals surface area contributed by atoms with Gasteiger partial charge in [-0.05, 0) is 45.6 Å². The molecule has 0 spiro atoms. The molecule has 1 unspecified atom stereocenters. The first-order valence-electron chi connectivity index (χ1n) is 7.31. The predicted octanol–water partition coefficient (Wildman–Crippen LogP) is 2.17. The third-order valence-electron chi connectivity index (χ3n) is 3.76. The van der Waals surface area contributed by atoms with Gasteiger partial charge in [-0.2, -0.15) is 0 Å². The van der Waals surface area contributed by atoms with E-state index < -0.39 is 0 Å². The van der Waals surface area contributed by atoms with Crippen molar-refractivity contribution in [2.75, 3.05) is 19.6 Å². The lowest BCUT2D eigenvalue weighted by atomic mass is 9.84. The highest BCUT2D eigenvalue weighted by Gasteiger charge is 2.33. The summed E-state index contributed by atoms with van der Waals surface area (Å²) in [6.45, 7) is 12.6. The molecule has 19 heavy (non-hydrogen) atoms. The second kappa shape index (κ2) is 6.23. The van der Waals surface area contributed by atoms with Crippen LogP contribution in [-0.2, 0) is 9.53 Å². The summed E-state index contributed by atoms with van der Waals surface area (Å²) in [6, 6.07) is 0. The van der Waals surface area contributed by atoms with Gasteiger partial charge in [0.15, 0.2) is 0 Å². The minimum absolute atomic E-state index is 0.116. The van der Waals surface area contributed by atoms with Crippen LogP contribution >= 0.6 is 0 Å². The van der Waals surface area contributed by atoms with Crippen LogP contribution < -0.4 is 5.73 Å². The minimum atomic E-state index is -0.236. The number of rotatable bonds is 5. The monoisotopic (exact) mass is 270 g/mol. The normalized spacial score (nSPS) is 23.5. The second-order valence-corrected chi connectivity index (χ2v) is 7.17. The highest BCUT2D eigenvalue weighted by molar-refractivity contribution is 5.76. The van der Waals surface area contributed by atoms with Gasteiger partial charge in [0.2, 0.25) is 5.91 Å². The van der Waals surface area contributed by atoms with Crippen LogP contribution in [0.4, 0.5) is 0 Å². The first-order chi connectivity index (χ1) is 8.65. The zero-order chi connectivity index (χ0) is 14.7. The van der Waals surface area contributed by atoms with E-state index in [4.69, 9.17) is 10.5 Å². The van der Waals surface area contributed by atoms with Crippen LogP contribution in [0.1, 0.15) is 53.9 Å². The Labute approximate surface area is 117 Å². The number of hydrogen-bond acceptors (Lipinski definition) is 3. The average molecular weight is 270 g/mol. The SMILES string of the molecule is CC1CN(C(=O)CCC(C)(C)CCN)CC(C)(C)O1. The van der Waals surface area contributed by atoms with E-state index in [0.717, 1.165) is 12.8 Å². The summed E-state index contributed by atoms with van der Waals surface area (Å²) in [4.78, 5) is 14.3. The summed E-state index contributed by atoms with van der Waals surface area (Å²) < 4.78 is 5.83. The number of morpholine rings is 1. The van der Waals surface area contributed by atoms with E-state index in [9.17, 15) is 4.79 Å². The number of carbonyl (C=O) groups excluding carboxylic acids is 1. The Kier molecular flexibility index (Phi) is 5.39. The molecule has 1 rings (SSSR count). The summed E-state index contributed by atoms with van der Waals surface area (Å²) in [5.41, 5.74) is 5.52. The molecule has 1 fully saturated rings. The molecule has 0 radical (unpaired) electrons. The van der Waals surface area contributed by atoms with Crippen molar-refractivity contribution in [1.29, 1.82) is 0 Å². The summed E-state index contributed by atoms with van der Waals surface area (Å²) >= 11 is 0. The van der Waals surface area contributed by atoms with Gasteiger partial charge in [-0.25, -0.2) is 0 Å². The molecule has 1 aliphatic heterocycles. The largest absolute Gasteiger partial charge is 0.369 e. The van der Waals surface area contributed by atoms with Crippen molar-refractivity contribution in [2.45, 2.75) is 65.6 Å². The van der Waals surface area contributed by atoms with Crippen molar-refractivity contribution in [3.05, 3.63) is 0 Å². The van der Waals surface area contributed by atoms with Gasteiger partial charge in [0.25, 0.3) is 0 Å². The highest BCUT2D eigenvalue weighted by Crippen LogP contribution is 2.27. The van der Waals surface area contributed by atoms with E-state index in [-0.39, 0.29) is 23.0 Å². The fourth-order valence-electron chi connectivity index (χ4n) is 2.76. The molecular weight excluding hydrogens is 240 g/mol. The number of nitrogens with two attached hydrogens (primary N) is 1. The van der Waals surface area contributed by atoms with Crippen molar-refractivity contribution in [3.8, 4) is 0 Å². The van der Waals surface area contributed by atoms with Gasteiger partial charge in [-0.1, -0.05) is 13.8 Å². The Morgan fingerprint density at radius 2 is 2.05 bits per heavy atom. The highest BCUT2D eigenvalue weighted by atomic mass is 16.5. The lowest BCUT2D eigenvalue weighted by Gasteiger charge is -2.42. The lowest BCUT2D eigenvalue weighted by Crippen LogP contribution is -2.53. The molecule has 112 valence electrons. The molecule has 1 aliphatic rings. The van der Waals surface area contributed by atoms with Crippen LogP contribution in [0.3, 0.4) is 0 Å². The quantitative estimate of drug-likeness (QED) is 0.833. The van der Waals surface area contributed by atoms with Crippen LogP contribution in [0, 0.1) is 5.41 Å². The fourth-order valence-corrected chi connectivity index (χ4v) is 2.76. The first kappa shape index (κ1) is 16.4. The summed E-state index contributed by atoms with van der Waals surface area (Å²) in [7, 11) is 0. The maximum absolute atomic E-state index is 12.3. The number of amides is 1. The predicted molar refractivity (Wildman–Crippen MR) is 77.9 cm³/mol. The Morgan fingerprint density at radius 3 is 2.58 bits per heavy atom. The molecule has 0 aliphatic carbocycles. The standard InChI is InChI=1S/C15H30N2O2/c1-12-10-17(11-15(4,5)19-12)13(18)6-7-14(2,3)8-9-16/h12H,6-11,16H2,1-5H3. The Morgan fingerprint density at radius 1 is 1.42 bits per heavy atom. The molecule has 4 heteroatoms. The van der Waals surface area contributed by atoms with Crippen molar-refractivity contribution in [3.63, 3.8) is 0 Å². The van der Waals surface area contributed by atoms with Gasteiger partial charge in [-0.15, -0.1) is 0 Å². The van der Waals surface area contributed by atoms with Crippen molar-refractivity contribution in [2.24, 2.45) is 11.1 Å². The molecule has 2 N–H and O–H groups in total. The zero-order valence-corrected chi connectivity index (χ0v) is 13.2. The van der Waals surface area contributed by atoms with Gasteiger partial charge >= 0.3 is 0 Å². The number of carbonyl (C=O) groups is 1. The number of hydrogen-bond donors (Lipinski definition) is 1. The van der Waals surface area contributed by atoms with Crippen LogP contribution in [0.5, 0.6) is 0 Å². The molecule has 0 aromatic rings. The van der Waals surface area contributed by atoms with E-state index in [2.05, 4.69) is 13.8 Å². The summed E-state index contributed by atoms with van der Waals surface area (Å²) in [5.74, 6) is 0.244. The molecule has 0 bridgehead atoms. The molecular formula is C15H30N2O2. The molecule has 0 saturated carbocycles. The lowest BCUT2D eigenvalue weighted by molar-refractivity contribution is -0.158. The van der Waals surface area contributed by atoms with E-state index in [1.54, 1.807) is 0 Å². The van der Waals surface area contributed by atoms with E-state index in [1.807, 2.05) is 25.7 Å². The van der Waals surface area contributed by atoms with Crippen LogP contribution in [0.2, 0.25) is 0 Å². The van der Waals surface area contributed by atoms with E-state index >= 15 is 0 Å².